The molecule has 3 aliphatic heterocycles. The first-order valence-electron chi connectivity index (χ1n) is 12.0. The van der Waals surface area contributed by atoms with Gasteiger partial charge in [-0.05, 0) is 50.5 Å². The van der Waals surface area contributed by atoms with Crippen LogP contribution in [0.2, 0.25) is 0 Å². The third-order valence-electron chi connectivity index (χ3n) is 10.2. The van der Waals surface area contributed by atoms with E-state index >= 15 is 0 Å². The number of esters is 2. The van der Waals surface area contributed by atoms with Crippen LogP contribution in [0.4, 0.5) is 0 Å². The average molecular weight is 470 g/mol. The van der Waals surface area contributed by atoms with Crippen molar-refractivity contribution in [2.75, 3.05) is 0 Å². The van der Waals surface area contributed by atoms with Crippen molar-refractivity contribution in [1.29, 1.82) is 0 Å². The van der Waals surface area contributed by atoms with Gasteiger partial charge in [-0.3, -0.25) is 0 Å². The van der Waals surface area contributed by atoms with Gasteiger partial charge in [-0.1, -0.05) is 32.0 Å². The van der Waals surface area contributed by atoms with E-state index in [9.17, 15) is 14.8 Å². The number of epoxide rings is 1. The van der Waals surface area contributed by atoms with Gasteiger partial charge in [0.1, 0.15) is 17.3 Å². The minimum Gasteiger partial charge on any atom is -0.472 e. The van der Waals surface area contributed by atoms with E-state index in [-0.39, 0.29) is 17.8 Å². The largest absolute Gasteiger partial charge is 0.472 e. The van der Waals surface area contributed by atoms with Crippen LogP contribution in [0.3, 0.4) is 0 Å². The summed E-state index contributed by atoms with van der Waals surface area (Å²) in [7, 11) is 0. The van der Waals surface area contributed by atoms with Crippen LogP contribution in [0, 0.1) is 28.1 Å². The topological polar surface area (TPSA) is 111 Å². The van der Waals surface area contributed by atoms with Gasteiger partial charge in [0.05, 0.1) is 18.2 Å². The van der Waals surface area contributed by atoms with Crippen LogP contribution in [0.25, 0.3) is 0 Å². The van der Waals surface area contributed by atoms with Gasteiger partial charge in [-0.25, -0.2) is 9.59 Å². The number of furan rings is 1. The molecule has 0 unspecified atom stereocenters. The molecule has 6 rings (SSSR count). The molecule has 0 amide bonds. The predicted octanol–water partition coefficient (Wildman–Crippen LogP) is 4.19. The molecule has 2 saturated heterocycles. The molecule has 1 N–H and O–H groups in total. The lowest BCUT2D eigenvalue weighted by Crippen LogP contribution is -2.71. The quantitative estimate of drug-likeness (QED) is 0.284. The summed E-state index contributed by atoms with van der Waals surface area (Å²) in [4.78, 5) is 25.6. The summed E-state index contributed by atoms with van der Waals surface area (Å²) in [5.74, 6) is -0.927. The third-order valence-corrected chi connectivity index (χ3v) is 10.2. The van der Waals surface area contributed by atoms with E-state index in [4.69, 9.17) is 18.6 Å². The second kappa shape index (κ2) is 6.33. The first-order chi connectivity index (χ1) is 16.0. The second-order valence-corrected chi connectivity index (χ2v) is 11.8. The average Bonchev–Trinajstić information content (AvgIpc) is 3.36. The zero-order valence-corrected chi connectivity index (χ0v) is 20.2. The molecule has 1 spiro atoms. The number of hydrogen-bond acceptors (Lipinski definition) is 8. The van der Waals surface area contributed by atoms with E-state index < -0.39 is 45.6 Å². The molecule has 8 heteroatoms. The van der Waals surface area contributed by atoms with Crippen LogP contribution in [-0.2, 0) is 23.8 Å². The number of ether oxygens (including phenoxy) is 3. The van der Waals surface area contributed by atoms with E-state index in [1.807, 2.05) is 26.0 Å². The van der Waals surface area contributed by atoms with E-state index in [1.165, 1.54) is 6.08 Å². The monoisotopic (exact) mass is 469 g/mol. The molecule has 1 aromatic rings. The number of oxime groups is 1. The van der Waals surface area contributed by atoms with Gasteiger partial charge in [-0.15, -0.1) is 0 Å². The standard InChI is InChI=1S/C26H31NO7/c1-22(2)16-12-17(27-30)25(5)15(23(16,3)9-7-18(28)33-22)6-10-24(4)19(14-8-11-31-13-14)32-21(29)20-26(24,25)34-20/h7-9,11,13,15-16,19-20,30H,6,10,12H2,1-5H3/b27-17+/t15-,16+,19+,20-,23-,24+,25+,26-/m1/s1. The van der Waals surface area contributed by atoms with Crippen LogP contribution in [0.15, 0.2) is 40.3 Å². The molecular weight excluding hydrogens is 438 g/mol. The fraction of sp³-hybridized carbons (Fsp3) is 0.654. The summed E-state index contributed by atoms with van der Waals surface area (Å²) >= 11 is 0. The Labute approximate surface area is 198 Å². The molecule has 1 aromatic heterocycles. The van der Waals surface area contributed by atoms with E-state index in [0.29, 0.717) is 12.1 Å². The Bertz CT molecular complexity index is 1140. The van der Waals surface area contributed by atoms with Gasteiger partial charge in [0.25, 0.3) is 0 Å². The maximum Gasteiger partial charge on any atom is 0.339 e. The van der Waals surface area contributed by atoms with Crippen molar-refractivity contribution in [3.8, 4) is 0 Å². The summed E-state index contributed by atoms with van der Waals surface area (Å²) in [5.41, 5.74) is -2.05. The molecular formula is C26H31NO7. The van der Waals surface area contributed by atoms with Crippen molar-refractivity contribution in [1.82, 2.24) is 0 Å². The van der Waals surface area contributed by atoms with Crippen molar-refractivity contribution in [3.63, 3.8) is 0 Å². The first kappa shape index (κ1) is 21.9. The highest BCUT2D eigenvalue weighted by molar-refractivity contribution is 5.96. The zero-order valence-electron chi connectivity index (χ0n) is 20.2. The van der Waals surface area contributed by atoms with Gasteiger partial charge in [-0.2, -0.15) is 0 Å². The predicted molar refractivity (Wildman–Crippen MR) is 119 cm³/mol. The Kier molecular flexibility index (Phi) is 4.08. The number of carbonyl (C=O) groups is 2. The van der Waals surface area contributed by atoms with Crippen molar-refractivity contribution in [3.05, 3.63) is 36.3 Å². The van der Waals surface area contributed by atoms with Gasteiger partial charge in [0.2, 0.25) is 0 Å². The number of rotatable bonds is 1. The van der Waals surface area contributed by atoms with Gasteiger partial charge < -0.3 is 23.8 Å². The summed E-state index contributed by atoms with van der Waals surface area (Å²) in [6.45, 7) is 10.2. The third kappa shape index (κ3) is 2.26. The lowest BCUT2D eigenvalue weighted by Gasteiger charge is -2.65. The molecule has 0 radical (unpaired) electrons. The maximum absolute atomic E-state index is 13.1. The number of allylic oxidation sites excluding steroid dienone is 1. The summed E-state index contributed by atoms with van der Waals surface area (Å²) in [5, 5.41) is 14.2. The number of carbonyl (C=O) groups excluding carboxylic acids is 2. The highest BCUT2D eigenvalue weighted by Gasteiger charge is 2.87. The normalized spacial score (nSPS) is 49.6. The molecule has 34 heavy (non-hydrogen) atoms. The minimum absolute atomic E-state index is 0.0522. The lowest BCUT2D eigenvalue weighted by atomic mass is 9.37. The molecule has 2 aliphatic carbocycles. The Hall–Kier alpha value is -2.61. The smallest absolute Gasteiger partial charge is 0.339 e. The molecule has 0 aromatic carbocycles. The number of hydrogen-bond donors (Lipinski definition) is 1. The maximum atomic E-state index is 13.1. The van der Waals surface area contributed by atoms with Crippen molar-refractivity contribution in [2.45, 2.75) is 77.3 Å². The lowest BCUT2D eigenvalue weighted by molar-refractivity contribution is -0.196. The Morgan fingerprint density at radius 2 is 1.85 bits per heavy atom. The van der Waals surface area contributed by atoms with Crippen LogP contribution in [-0.4, -0.2) is 40.2 Å². The summed E-state index contributed by atoms with van der Waals surface area (Å²) < 4.78 is 23.5. The van der Waals surface area contributed by atoms with Gasteiger partial charge in [0, 0.05) is 28.4 Å². The van der Waals surface area contributed by atoms with Gasteiger partial charge in [0.15, 0.2) is 6.10 Å². The number of cyclic esters (lactones) is 2. The molecule has 4 fully saturated rings. The van der Waals surface area contributed by atoms with Crippen LogP contribution < -0.4 is 0 Å². The number of nitrogens with zero attached hydrogens (tertiary/aromatic N) is 1. The highest BCUT2D eigenvalue weighted by Crippen LogP contribution is 2.78. The van der Waals surface area contributed by atoms with Gasteiger partial charge >= 0.3 is 11.9 Å². The van der Waals surface area contributed by atoms with E-state index in [2.05, 4.69) is 25.9 Å². The second-order valence-electron chi connectivity index (χ2n) is 11.8. The Morgan fingerprint density at radius 1 is 1.09 bits per heavy atom. The molecule has 0 bridgehead atoms. The minimum atomic E-state index is -0.898. The highest BCUT2D eigenvalue weighted by atomic mass is 16.7. The fourth-order valence-corrected chi connectivity index (χ4v) is 8.66. The Balaban J connectivity index is 1.55. The molecule has 2 saturated carbocycles. The van der Waals surface area contributed by atoms with Crippen molar-refractivity contribution < 1.29 is 33.4 Å². The summed E-state index contributed by atoms with van der Waals surface area (Å²) in [6.07, 6.45) is 7.37. The van der Waals surface area contributed by atoms with E-state index in [0.717, 1.165) is 18.4 Å². The number of fused-ring (bicyclic) bond motifs is 3. The molecule has 182 valence electrons. The zero-order chi connectivity index (χ0) is 24.3. The molecule has 5 aliphatic rings. The molecule has 4 heterocycles. The van der Waals surface area contributed by atoms with Crippen molar-refractivity contribution in [2.24, 2.45) is 33.2 Å². The van der Waals surface area contributed by atoms with Crippen LogP contribution >= 0.6 is 0 Å². The fourth-order valence-electron chi connectivity index (χ4n) is 8.66. The van der Waals surface area contributed by atoms with Crippen molar-refractivity contribution >= 4 is 17.7 Å². The SMILES string of the molecule is CC1(C)OC(=O)C=C[C@]2(C)[C@H]3CC[C@@]4(C)[C@H](c5ccoc5)OC(=O)[C@H]5O[C@]54[C@]3(C)/C(=N/O)C[C@@H]12. The van der Waals surface area contributed by atoms with Crippen LogP contribution in [0.5, 0.6) is 0 Å². The molecule has 8 atom stereocenters. The van der Waals surface area contributed by atoms with Crippen LogP contribution in [0.1, 0.15) is 65.5 Å². The van der Waals surface area contributed by atoms with E-state index in [1.54, 1.807) is 12.5 Å². The summed E-state index contributed by atoms with van der Waals surface area (Å²) in [6, 6.07) is 1.83. The molecule has 8 nitrogen and oxygen atoms in total. The Morgan fingerprint density at radius 3 is 2.53 bits per heavy atom. The first-order valence-corrected chi connectivity index (χ1v) is 12.0.